The Balaban J connectivity index is 1.34. The van der Waals surface area contributed by atoms with Crippen molar-refractivity contribution in [3.05, 3.63) is 79.8 Å². The van der Waals surface area contributed by atoms with Gasteiger partial charge in [0, 0.05) is 16.0 Å². The Morgan fingerprint density at radius 3 is 2.35 bits per heavy atom. The highest BCUT2D eigenvalue weighted by molar-refractivity contribution is 8.00. The Hall–Kier alpha value is -2.64. The molecule has 2 bridgehead atoms. The van der Waals surface area contributed by atoms with Crippen molar-refractivity contribution in [1.82, 2.24) is 4.98 Å². The smallest absolute Gasteiger partial charge is 0.305 e. The van der Waals surface area contributed by atoms with Gasteiger partial charge in [-0.15, -0.1) is 11.8 Å². The molecule has 2 saturated carbocycles. The van der Waals surface area contributed by atoms with Crippen LogP contribution in [0, 0.1) is 43.4 Å². The van der Waals surface area contributed by atoms with Gasteiger partial charge in [0.05, 0.1) is 22.5 Å². The normalized spacial score (nSPS) is 33.2. The molecule has 0 unspecified atom stereocenters. The van der Waals surface area contributed by atoms with Gasteiger partial charge < -0.3 is 4.98 Å². The number of hydrogen-bond donors (Lipinski definition) is 1. The number of amides is 2. The molecule has 4 aliphatic rings. The number of thiazole rings is 1. The topological polar surface area (TPSA) is 70.2 Å². The van der Waals surface area contributed by atoms with Crippen LogP contribution in [0.5, 0.6) is 0 Å². The second kappa shape index (κ2) is 7.18. The molecule has 2 aliphatic heterocycles. The number of aromatic amines is 1. The van der Waals surface area contributed by atoms with E-state index in [0.717, 1.165) is 21.9 Å². The Labute approximate surface area is 205 Å². The van der Waals surface area contributed by atoms with Gasteiger partial charge in [-0.2, -0.15) is 0 Å². The number of carbonyl (C=O) groups is 2. The van der Waals surface area contributed by atoms with Crippen molar-refractivity contribution in [3.63, 3.8) is 0 Å². The minimum atomic E-state index is -0.260. The number of benzene rings is 2. The quantitative estimate of drug-likeness (QED) is 0.530. The van der Waals surface area contributed by atoms with Crippen LogP contribution in [0.2, 0.25) is 0 Å². The number of imide groups is 1. The lowest BCUT2D eigenvalue weighted by molar-refractivity contribution is -0.123. The van der Waals surface area contributed by atoms with Crippen LogP contribution in [-0.4, -0.2) is 22.0 Å². The Bertz CT molecular complexity index is 1410. The summed E-state index contributed by atoms with van der Waals surface area (Å²) in [7, 11) is 0. The zero-order chi connectivity index (χ0) is 23.3. The number of aromatic nitrogens is 1. The molecule has 34 heavy (non-hydrogen) atoms. The average Bonchev–Trinajstić information content (AvgIpc) is 3.54. The van der Waals surface area contributed by atoms with Crippen LogP contribution >= 0.6 is 23.1 Å². The summed E-state index contributed by atoms with van der Waals surface area (Å²) in [6.45, 7) is 4.13. The van der Waals surface area contributed by atoms with Gasteiger partial charge in [-0.25, -0.2) is 0 Å². The fourth-order valence-corrected chi connectivity index (χ4v) is 10.1. The summed E-state index contributed by atoms with van der Waals surface area (Å²) in [5.41, 5.74) is 4.24. The van der Waals surface area contributed by atoms with Gasteiger partial charge >= 0.3 is 4.87 Å². The highest BCUT2D eigenvalue weighted by atomic mass is 32.2. The lowest BCUT2D eigenvalue weighted by atomic mass is 9.67. The highest BCUT2D eigenvalue weighted by Gasteiger charge is 2.69. The van der Waals surface area contributed by atoms with E-state index in [4.69, 9.17) is 0 Å². The third kappa shape index (κ3) is 2.65. The monoisotopic (exact) mass is 488 g/mol. The molecule has 3 aromatic rings. The fourth-order valence-electron chi connectivity index (χ4n) is 7.25. The molecule has 3 fully saturated rings. The van der Waals surface area contributed by atoms with Crippen LogP contribution < -0.4 is 9.77 Å². The number of nitrogens with one attached hydrogen (secondary N) is 1. The fraction of sp³-hybridized carbons (Fsp3) is 0.370. The van der Waals surface area contributed by atoms with E-state index < -0.39 is 0 Å². The lowest BCUT2D eigenvalue weighted by Crippen LogP contribution is -2.42. The van der Waals surface area contributed by atoms with E-state index in [1.54, 1.807) is 11.8 Å². The molecule has 172 valence electrons. The third-order valence-electron chi connectivity index (χ3n) is 8.54. The van der Waals surface area contributed by atoms with Crippen LogP contribution in [0.1, 0.15) is 33.9 Å². The zero-order valence-electron chi connectivity index (χ0n) is 18.9. The van der Waals surface area contributed by atoms with Crippen molar-refractivity contribution in [2.24, 2.45) is 29.6 Å². The van der Waals surface area contributed by atoms with Crippen molar-refractivity contribution >= 4 is 40.6 Å². The van der Waals surface area contributed by atoms with Gasteiger partial charge in [-0.3, -0.25) is 19.3 Å². The Morgan fingerprint density at radius 1 is 0.912 bits per heavy atom. The number of H-pyrrole nitrogens is 1. The summed E-state index contributed by atoms with van der Waals surface area (Å²) in [5, 5.41) is 1.18. The molecule has 1 N–H and O–H groups in total. The number of anilines is 1. The molecule has 0 radical (unpaired) electrons. The molecule has 7 heteroatoms. The Kier molecular flexibility index (Phi) is 4.38. The van der Waals surface area contributed by atoms with E-state index in [-0.39, 0.29) is 57.4 Å². The van der Waals surface area contributed by atoms with Crippen LogP contribution in [0.3, 0.4) is 0 Å². The molecule has 2 amide bonds. The number of carbonyl (C=O) groups excluding carboxylic acids is 2. The van der Waals surface area contributed by atoms with Crippen LogP contribution in [0.25, 0.3) is 0 Å². The van der Waals surface area contributed by atoms with Crippen LogP contribution in [0.15, 0.2) is 58.4 Å². The second-order valence-electron chi connectivity index (χ2n) is 10.2. The van der Waals surface area contributed by atoms with E-state index in [2.05, 4.69) is 30.1 Å². The molecule has 3 heterocycles. The highest BCUT2D eigenvalue weighted by Crippen LogP contribution is 2.68. The maximum atomic E-state index is 13.8. The maximum absolute atomic E-state index is 13.8. The number of thioether (sulfide) groups is 1. The predicted octanol–water partition coefficient (Wildman–Crippen LogP) is 4.73. The number of rotatable bonds is 2. The zero-order valence-corrected chi connectivity index (χ0v) is 20.5. The number of nitrogens with zero attached hydrogens (tertiary/aromatic N) is 1. The van der Waals surface area contributed by atoms with E-state index in [0.29, 0.717) is 5.69 Å². The predicted molar refractivity (Wildman–Crippen MR) is 133 cm³/mol. The SMILES string of the molecule is Cc1ccc(N2C(=O)[C@@H]3[C@H]4C[C@@H]([C@@H]3C2=O)[C@@H]2[C@H](c3ccccc3C)c3sc(=O)[nH]c3S[C@@H]42)cc1. The van der Waals surface area contributed by atoms with Crippen molar-refractivity contribution in [1.29, 1.82) is 0 Å². The summed E-state index contributed by atoms with van der Waals surface area (Å²) < 4.78 is 0. The van der Waals surface area contributed by atoms with Gasteiger partial charge in [-0.05, 0) is 61.3 Å². The average molecular weight is 489 g/mol. The van der Waals surface area contributed by atoms with E-state index in [1.807, 2.05) is 37.3 Å². The lowest BCUT2D eigenvalue weighted by Gasteiger charge is -2.43. The summed E-state index contributed by atoms with van der Waals surface area (Å²) >= 11 is 3.05. The first-order valence-electron chi connectivity index (χ1n) is 11.8. The van der Waals surface area contributed by atoms with E-state index in [9.17, 15) is 14.4 Å². The van der Waals surface area contributed by atoms with Gasteiger partial charge in [0.15, 0.2) is 0 Å². The second-order valence-corrected chi connectivity index (χ2v) is 12.4. The standard InChI is InChI=1S/C27H24N2O3S2/c1-12-7-9-14(10-8-12)29-25(30)20-16-11-17(21(20)26(29)31)22-19(16)18(15-6-4-3-5-13(15)2)23-24(33-22)28-27(32)34-23/h3-10,16-22H,11H2,1-2H3,(H,28,32)/t16-,17-,18+,19-,20+,21-,22+/m1/s1. The van der Waals surface area contributed by atoms with Crippen LogP contribution in [0.4, 0.5) is 5.69 Å². The molecule has 5 nitrogen and oxygen atoms in total. The number of hydrogen-bond acceptors (Lipinski definition) is 5. The summed E-state index contributed by atoms with van der Waals surface area (Å²) in [5.74, 6) is 0.0363. The first kappa shape index (κ1) is 20.7. The minimum Gasteiger partial charge on any atom is -0.307 e. The van der Waals surface area contributed by atoms with E-state index >= 15 is 0 Å². The van der Waals surface area contributed by atoms with Gasteiger partial charge in [0.1, 0.15) is 0 Å². The maximum Gasteiger partial charge on any atom is 0.305 e. The summed E-state index contributed by atoms with van der Waals surface area (Å²) in [6, 6.07) is 16.1. The van der Waals surface area contributed by atoms with Gasteiger partial charge in [0.2, 0.25) is 11.8 Å². The van der Waals surface area contributed by atoms with Crippen molar-refractivity contribution in [2.75, 3.05) is 4.90 Å². The molecular weight excluding hydrogens is 464 g/mol. The molecular formula is C27H24N2O3S2. The van der Waals surface area contributed by atoms with Gasteiger partial charge in [-0.1, -0.05) is 53.3 Å². The van der Waals surface area contributed by atoms with Crippen molar-refractivity contribution in [3.8, 4) is 0 Å². The first-order chi connectivity index (χ1) is 16.4. The van der Waals surface area contributed by atoms with Crippen molar-refractivity contribution < 1.29 is 9.59 Å². The molecule has 2 aromatic carbocycles. The molecule has 0 spiro atoms. The van der Waals surface area contributed by atoms with Crippen molar-refractivity contribution in [2.45, 2.75) is 36.5 Å². The third-order valence-corrected chi connectivity index (χ3v) is 11.1. The largest absolute Gasteiger partial charge is 0.307 e. The molecule has 2 aliphatic carbocycles. The number of aryl methyl sites for hydroxylation is 2. The minimum absolute atomic E-state index is 0.0266. The number of fused-ring (bicyclic) bond motifs is 9. The molecule has 1 aromatic heterocycles. The Morgan fingerprint density at radius 2 is 1.62 bits per heavy atom. The molecule has 7 rings (SSSR count). The first-order valence-corrected chi connectivity index (χ1v) is 13.5. The van der Waals surface area contributed by atoms with Crippen LogP contribution in [-0.2, 0) is 9.59 Å². The molecule has 1 saturated heterocycles. The summed E-state index contributed by atoms with van der Waals surface area (Å²) in [4.78, 5) is 45.4. The molecule has 7 atom stereocenters. The summed E-state index contributed by atoms with van der Waals surface area (Å²) in [6.07, 6.45) is 0.915. The van der Waals surface area contributed by atoms with Gasteiger partial charge in [0.25, 0.3) is 0 Å². The van der Waals surface area contributed by atoms with E-state index in [1.165, 1.54) is 27.4 Å².